The fourth-order valence-corrected chi connectivity index (χ4v) is 3.22. The first-order valence-electron chi connectivity index (χ1n) is 7.28. The second-order valence-corrected chi connectivity index (χ2v) is 5.89. The lowest BCUT2D eigenvalue weighted by molar-refractivity contribution is 0.415. The van der Waals surface area contributed by atoms with Crippen molar-refractivity contribution in [2.75, 3.05) is 12.8 Å². The van der Waals surface area contributed by atoms with E-state index in [1.165, 1.54) is 15.9 Å². The van der Waals surface area contributed by atoms with Crippen molar-refractivity contribution in [1.29, 1.82) is 0 Å². The number of nitrogen functional groups attached to an aromatic ring is 1. The molecule has 0 saturated heterocycles. The molecule has 3 rings (SSSR count). The predicted molar refractivity (Wildman–Crippen MR) is 94.5 cm³/mol. The monoisotopic (exact) mass is 344 g/mol. The van der Waals surface area contributed by atoms with Crippen LogP contribution in [0.4, 0.5) is 5.82 Å². The van der Waals surface area contributed by atoms with E-state index in [1.807, 2.05) is 24.3 Å². The zero-order valence-corrected chi connectivity index (χ0v) is 14.0. The van der Waals surface area contributed by atoms with Gasteiger partial charge in [-0.2, -0.15) is 0 Å². The minimum Gasteiger partial charge on any atom is -0.497 e. The van der Waals surface area contributed by atoms with Gasteiger partial charge in [-0.15, -0.1) is 11.3 Å². The summed E-state index contributed by atoms with van der Waals surface area (Å²) in [4.78, 5) is 30.7. The van der Waals surface area contributed by atoms with E-state index in [0.717, 1.165) is 16.3 Å². The standard InChI is InChI=1S/C16H16N4O3S/c1-3-20-13(17)12(14(21)19-16(20)22)11-8-24-15(18-11)9-4-6-10(23-2)7-5-9/h4-8H,3,17H2,1-2H3,(H,19,21,22). The van der Waals surface area contributed by atoms with Gasteiger partial charge in [-0.05, 0) is 31.2 Å². The zero-order chi connectivity index (χ0) is 17.3. The molecule has 2 aromatic heterocycles. The lowest BCUT2D eigenvalue weighted by Gasteiger charge is -2.08. The van der Waals surface area contributed by atoms with Crippen LogP contribution < -0.4 is 21.7 Å². The van der Waals surface area contributed by atoms with E-state index >= 15 is 0 Å². The molecule has 24 heavy (non-hydrogen) atoms. The Morgan fingerprint density at radius 3 is 2.62 bits per heavy atom. The SMILES string of the molecule is CCn1c(N)c(-c2csc(-c3ccc(OC)cc3)n2)c(=O)[nH]c1=O. The Morgan fingerprint density at radius 1 is 1.29 bits per heavy atom. The summed E-state index contributed by atoms with van der Waals surface area (Å²) in [6.07, 6.45) is 0. The molecule has 0 atom stereocenters. The number of H-pyrrole nitrogens is 1. The minimum atomic E-state index is -0.534. The first kappa shape index (κ1) is 16.0. The van der Waals surface area contributed by atoms with Gasteiger partial charge < -0.3 is 10.5 Å². The maximum atomic E-state index is 12.2. The summed E-state index contributed by atoms with van der Waals surface area (Å²) >= 11 is 1.40. The number of nitrogens with zero attached hydrogens (tertiary/aromatic N) is 2. The van der Waals surface area contributed by atoms with Crippen LogP contribution in [0.2, 0.25) is 0 Å². The number of thiazole rings is 1. The highest BCUT2D eigenvalue weighted by atomic mass is 32.1. The van der Waals surface area contributed by atoms with E-state index in [2.05, 4.69) is 9.97 Å². The molecular weight excluding hydrogens is 328 g/mol. The van der Waals surface area contributed by atoms with Crippen LogP contribution >= 0.6 is 11.3 Å². The van der Waals surface area contributed by atoms with Crippen molar-refractivity contribution in [1.82, 2.24) is 14.5 Å². The minimum absolute atomic E-state index is 0.123. The van der Waals surface area contributed by atoms with Crippen LogP contribution in [0.5, 0.6) is 5.75 Å². The van der Waals surface area contributed by atoms with E-state index in [0.29, 0.717) is 12.2 Å². The summed E-state index contributed by atoms with van der Waals surface area (Å²) in [6, 6.07) is 7.47. The topological polar surface area (TPSA) is 103 Å². The molecule has 0 unspecified atom stereocenters. The number of ether oxygens (including phenoxy) is 1. The average molecular weight is 344 g/mol. The summed E-state index contributed by atoms with van der Waals surface area (Å²) in [5.74, 6) is 0.879. The summed E-state index contributed by atoms with van der Waals surface area (Å²) in [7, 11) is 1.61. The van der Waals surface area contributed by atoms with Crippen molar-refractivity contribution < 1.29 is 4.74 Å². The van der Waals surface area contributed by atoms with E-state index in [-0.39, 0.29) is 11.4 Å². The van der Waals surface area contributed by atoms with Gasteiger partial charge in [0.05, 0.1) is 12.8 Å². The number of rotatable bonds is 4. The molecule has 0 aliphatic heterocycles. The fourth-order valence-electron chi connectivity index (χ4n) is 2.40. The smallest absolute Gasteiger partial charge is 0.329 e. The third kappa shape index (κ3) is 2.71. The molecule has 0 aliphatic rings. The molecule has 124 valence electrons. The first-order valence-corrected chi connectivity index (χ1v) is 8.16. The Kier molecular flexibility index (Phi) is 4.22. The van der Waals surface area contributed by atoms with Crippen molar-refractivity contribution in [2.24, 2.45) is 0 Å². The summed E-state index contributed by atoms with van der Waals surface area (Å²) in [6.45, 7) is 2.15. The van der Waals surface area contributed by atoms with Gasteiger partial charge in [0.1, 0.15) is 22.1 Å². The van der Waals surface area contributed by atoms with E-state index in [9.17, 15) is 9.59 Å². The number of nitrogens with one attached hydrogen (secondary N) is 1. The molecule has 0 saturated carbocycles. The Hall–Kier alpha value is -2.87. The number of aromatic amines is 1. The molecule has 7 nitrogen and oxygen atoms in total. The molecule has 0 radical (unpaired) electrons. The van der Waals surface area contributed by atoms with Crippen LogP contribution in [-0.4, -0.2) is 21.6 Å². The maximum absolute atomic E-state index is 12.2. The van der Waals surface area contributed by atoms with E-state index in [1.54, 1.807) is 19.4 Å². The van der Waals surface area contributed by atoms with Gasteiger partial charge in [-0.1, -0.05) is 0 Å². The molecule has 0 aliphatic carbocycles. The van der Waals surface area contributed by atoms with Gasteiger partial charge in [-0.25, -0.2) is 9.78 Å². The number of anilines is 1. The quantitative estimate of drug-likeness (QED) is 0.753. The highest BCUT2D eigenvalue weighted by Gasteiger charge is 2.16. The highest BCUT2D eigenvalue weighted by Crippen LogP contribution is 2.30. The largest absolute Gasteiger partial charge is 0.497 e. The second kappa shape index (κ2) is 6.32. The van der Waals surface area contributed by atoms with Gasteiger partial charge in [0.15, 0.2) is 0 Å². The normalized spacial score (nSPS) is 10.8. The molecule has 0 spiro atoms. The van der Waals surface area contributed by atoms with Crippen LogP contribution in [0.3, 0.4) is 0 Å². The lowest BCUT2D eigenvalue weighted by Crippen LogP contribution is -2.32. The number of benzene rings is 1. The number of aromatic nitrogens is 3. The third-order valence-electron chi connectivity index (χ3n) is 3.65. The number of hydrogen-bond acceptors (Lipinski definition) is 6. The highest BCUT2D eigenvalue weighted by molar-refractivity contribution is 7.13. The van der Waals surface area contributed by atoms with Gasteiger partial charge in [0, 0.05) is 17.5 Å². The van der Waals surface area contributed by atoms with Crippen molar-refractivity contribution in [3.8, 4) is 27.6 Å². The van der Waals surface area contributed by atoms with Crippen LogP contribution in [0.1, 0.15) is 6.92 Å². The average Bonchev–Trinajstić information content (AvgIpc) is 3.04. The van der Waals surface area contributed by atoms with Gasteiger partial charge in [0.2, 0.25) is 0 Å². The molecule has 1 aromatic carbocycles. The summed E-state index contributed by atoms with van der Waals surface area (Å²) in [5.41, 5.74) is 6.53. The van der Waals surface area contributed by atoms with E-state index in [4.69, 9.17) is 10.5 Å². The Bertz CT molecular complexity index is 986. The van der Waals surface area contributed by atoms with Crippen molar-refractivity contribution >= 4 is 17.2 Å². The van der Waals surface area contributed by atoms with Gasteiger partial charge >= 0.3 is 5.69 Å². The van der Waals surface area contributed by atoms with Crippen molar-refractivity contribution in [3.63, 3.8) is 0 Å². The van der Waals surface area contributed by atoms with Crippen LogP contribution in [0, 0.1) is 0 Å². The lowest BCUT2D eigenvalue weighted by atomic mass is 10.2. The Labute approximate surface area is 141 Å². The molecule has 8 heteroatoms. The van der Waals surface area contributed by atoms with Gasteiger partial charge in [-0.3, -0.25) is 14.3 Å². The molecular formula is C16H16N4O3S. The molecule has 0 fully saturated rings. The van der Waals surface area contributed by atoms with Crippen LogP contribution in [0.15, 0.2) is 39.2 Å². The molecule has 0 amide bonds. The molecule has 2 heterocycles. The molecule has 3 N–H and O–H groups in total. The van der Waals surface area contributed by atoms with Gasteiger partial charge in [0.25, 0.3) is 5.56 Å². The number of nitrogens with two attached hydrogens (primary N) is 1. The zero-order valence-electron chi connectivity index (χ0n) is 13.2. The third-order valence-corrected chi connectivity index (χ3v) is 4.54. The number of methoxy groups -OCH3 is 1. The predicted octanol–water partition coefficient (Wildman–Crippen LogP) is 1.94. The van der Waals surface area contributed by atoms with Crippen molar-refractivity contribution in [2.45, 2.75) is 13.5 Å². The Balaban J connectivity index is 2.08. The summed E-state index contributed by atoms with van der Waals surface area (Å²) in [5, 5.41) is 2.51. The Morgan fingerprint density at radius 2 is 2.00 bits per heavy atom. The number of hydrogen-bond donors (Lipinski definition) is 2. The van der Waals surface area contributed by atoms with Crippen molar-refractivity contribution in [3.05, 3.63) is 50.5 Å². The van der Waals surface area contributed by atoms with Crippen LogP contribution in [-0.2, 0) is 6.54 Å². The fraction of sp³-hybridized carbons (Fsp3) is 0.188. The maximum Gasteiger partial charge on any atom is 0.329 e. The summed E-state index contributed by atoms with van der Waals surface area (Å²) < 4.78 is 6.45. The van der Waals surface area contributed by atoms with E-state index < -0.39 is 11.2 Å². The second-order valence-electron chi connectivity index (χ2n) is 5.03. The first-order chi connectivity index (χ1) is 11.5. The van der Waals surface area contributed by atoms with Crippen LogP contribution in [0.25, 0.3) is 21.8 Å². The molecule has 3 aromatic rings. The molecule has 0 bridgehead atoms.